The molecule has 0 bridgehead atoms. The first-order valence-electron chi connectivity index (χ1n) is 8.07. The third-order valence-electron chi connectivity index (χ3n) is 4.17. The number of hydrogen-bond acceptors (Lipinski definition) is 2. The molecule has 3 aromatic carbocycles. The Balaban J connectivity index is 1.91. The van der Waals surface area contributed by atoms with Gasteiger partial charge in [0.1, 0.15) is 0 Å². The van der Waals surface area contributed by atoms with Crippen LogP contribution in [0.5, 0.6) is 0 Å². The normalized spacial score (nSPS) is 12.8. The first-order valence-corrected chi connectivity index (χ1v) is 8.07. The Labute approximate surface area is 131 Å². The van der Waals surface area contributed by atoms with E-state index in [0.29, 0.717) is 6.54 Å². The maximum absolute atomic E-state index is 9.85. The van der Waals surface area contributed by atoms with Crippen LogP contribution < -0.4 is 5.32 Å². The molecule has 3 rings (SSSR count). The monoisotopic (exact) mass is 293 g/mol. The highest BCUT2D eigenvalue weighted by Gasteiger charge is 2.07. The van der Waals surface area contributed by atoms with Crippen molar-refractivity contribution in [1.82, 2.24) is 5.32 Å². The van der Waals surface area contributed by atoms with Crippen LogP contribution in [0.3, 0.4) is 0 Å². The Morgan fingerprint density at radius 2 is 1.64 bits per heavy atom. The number of benzene rings is 3. The predicted molar refractivity (Wildman–Crippen MR) is 94.1 cm³/mol. The third kappa shape index (κ3) is 3.13. The van der Waals surface area contributed by atoms with E-state index in [4.69, 9.17) is 0 Å². The molecule has 2 heteroatoms. The summed E-state index contributed by atoms with van der Waals surface area (Å²) in [4.78, 5) is 0. The molecule has 114 valence electrons. The summed E-state index contributed by atoms with van der Waals surface area (Å²) in [5, 5.41) is 18.4. The number of nitrogens with one attached hydrogen (secondary N) is 1. The second-order valence-electron chi connectivity index (χ2n) is 5.88. The molecule has 22 heavy (non-hydrogen) atoms. The van der Waals surface area contributed by atoms with Crippen molar-refractivity contribution >= 4 is 21.5 Å². The summed E-state index contributed by atoms with van der Waals surface area (Å²) in [6, 6.07) is 19.3. The summed E-state index contributed by atoms with van der Waals surface area (Å²) in [5.74, 6) is 0. The zero-order valence-electron chi connectivity index (χ0n) is 13.0. The van der Waals surface area contributed by atoms with E-state index in [9.17, 15) is 5.11 Å². The van der Waals surface area contributed by atoms with Gasteiger partial charge in [-0.2, -0.15) is 0 Å². The molecule has 0 amide bonds. The lowest BCUT2D eigenvalue weighted by atomic mass is 9.97. The third-order valence-corrected chi connectivity index (χ3v) is 4.17. The number of hydrogen-bond donors (Lipinski definition) is 2. The molecule has 0 aromatic heterocycles. The van der Waals surface area contributed by atoms with Crippen LogP contribution in [0, 0.1) is 0 Å². The molecule has 0 spiro atoms. The van der Waals surface area contributed by atoms with Crippen molar-refractivity contribution in [2.45, 2.75) is 32.4 Å². The summed E-state index contributed by atoms with van der Waals surface area (Å²) in [7, 11) is 0. The predicted octanol–water partition coefficient (Wildman–Crippen LogP) is 4.24. The summed E-state index contributed by atoms with van der Waals surface area (Å²) >= 11 is 0. The van der Waals surface area contributed by atoms with Crippen molar-refractivity contribution in [1.29, 1.82) is 0 Å². The van der Waals surface area contributed by atoms with Gasteiger partial charge in [-0.25, -0.2) is 0 Å². The molecule has 0 saturated heterocycles. The Hall–Kier alpha value is -1.90. The molecule has 0 aliphatic carbocycles. The van der Waals surface area contributed by atoms with E-state index >= 15 is 0 Å². The van der Waals surface area contributed by atoms with Crippen LogP contribution in [0.2, 0.25) is 0 Å². The largest absolute Gasteiger partial charge is 0.392 e. The molecule has 1 atom stereocenters. The quantitative estimate of drug-likeness (QED) is 0.666. The fraction of sp³-hybridized carbons (Fsp3) is 0.300. The lowest BCUT2D eigenvalue weighted by molar-refractivity contribution is 0.160. The van der Waals surface area contributed by atoms with Gasteiger partial charge < -0.3 is 10.4 Å². The molecule has 0 fully saturated rings. The molecule has 0 heterocycles. The molecule has 0 saturated carbocycles. The van der Waals surface area contributed by atoms with Gasteiger partial charge in [0.15, 0.2) is 0 Å². The maximum Gasteiger partial charge on any atom is 0.0664 e. The van der Waals surface area contributed by atoms with Gasteiger partial charge in [0.2, 0.25) is 0 Å². The van der Waals surface area contributed by atoms with Crippen molar-refractivity contribution in [2.75, 3.05) is 6.54 Å². The van der Waals surface area contributed by atoms with Crippen LogP contribution in [0.1, 0.15) is 25.3 Å². The highest BCUT2D eigenvalue weighted by atomic mass is 16.3. The van der Waals surface area contributed by atoms with Crippen LogP contribution in [0.15, 0.2) is 54.6 Å². The van der Waals surface area contributed by atoms with Crippen LogP contribution in [-0.2, 0) is 6.54 Å². The van der Waals surface area contributed by atoms with E-state index in [1.54, 1.807) is 0 Å². The zero-order chi connectivity index (χ0) is 15.4. The minimum atomic E-state index is -0.253. The fourth-order valence-corrected chi connectivity index (χ4v) is 3.09. The first-order chi connectivity index (χ1) is 10.8. The maximum atomic E-state index is 9.85. The van der Waals surface area contributed by atoms with Gasteiger partial charge in [0, 0.05) is 13.1 Å². The van der Waals surface area contributed by atoms with Gasteiger partial charge in [-0.3, -0.25) is 0 Å². The molecule has 0 radical (unpaired) electrons. The number of aliphatic hydroxyl groups excluding tert-OH is 1. The number of fused-ring (bicyclic) bond motifs is 3. The van der Waals surface area contributed by atoms with Gasteiger partial charge in [0.25, 0.3) is 0 Å². The zero-order valence-corrected chi connectivity index (χ0v) is 13.0. The molecule has 2 nitrogen and oxygen atoms in total. The minimum Gasteiger partial charge on any atom is -0.392 e. The van der Waals surface area contributed by atoms with E-state index in [1.165, 1.54) is 27.1 Å². The summed E-state index contributed by atoms with van der Waals surface area (Å²) in [6.07, 6.45) is 1.62. The molecular formula is C20H23NO. The minimum absolute atomic E-state index is 0.253. The van der Waals surface area contributed by atoms with Crippen molar-refractivity contribution in [3.05, 3.63) is 60.2 Å². The Morgan fingerprint density at radius 1 is 0.955 bits per heavy atom. The number of rotatable bonds is 6. The van der Waals surface area contributed by atoms with Crippen molar-refractivity contribution in [3.63, 3.8) is 0 Å². The second-order valence-corrected chi connectivity index (χ2v) is 5.88. The molecule has 1 unspecified atom stereocenters. The smallest absolute Gasteiger partial charge is 0.0664 e. The number of aliphatic hydroxyl groups is 1. The van der Waals surface area contributed by atoms with Gasteiger partial charge in [-0.15, -0.1) is 0 Å². The average molecular weight is 293 g/mol. The van der Waals surface area contributed by atoms with Crippen molar-refractivity contribution in [3.8, 4) is 0 Å². The highest BCUT2D eigenvalue weighted by Crippen LogP contribution is 2.28. The van der Waals surface area contributed by atoms with Crippen molar-refractivity contribution < 1.29 is 5.11 Å². The van der Waals surface area contributed by atoms with E-state index in [0.717, 1.165) is 19.4 Å². The highest BCUT2D eigenvalue weighted by molar-refractivity contribution is 6.08. The molecular weight excluding hydrogens is 270 g/mol. The Bertz CT molecular complexity index is 766. The van der Waals surface area contributed by atoms with Crippen LogP contribution in [0.4, 0.5) is 0 Å². The van der Waals surface area contributed by atoms with Crippen LogP contribution in [0.25, 0.3) is 21.5 Å². The molecule has 2 N–H and O–H groups in total. The van der Waals surface area contributed by atoms with Gasteiger partial charge in [-0.05, 0) is 39.6 Å². The summed E-state index contributed by atoms with van der Waals surface area (Å²) < 4.78 is 0. The second kappa shape index (κ2) is 6.91. The molecule has 3 aromatic rings. The topological polar surface area (TPSA) is 32.3 Å². The first kappa shape index (κ1) is 15.0. The van der Waals surface area contributed by atoms with E-state index in [2.05, 4.69) is 66.8 Å². The van der Waals surface area contributed by atoms with E-state index < -0.39 is 0 Å². The van der Waals surface area contributed by atoms with E-state index in [-0.39, 0.29) is 6.10 Å². The van der Waals surface area contributed by atoms with Gasteiger partial charge in [-0.1, -0.05) is 61.9 Å². The lowest BCUT2D eigenvalue weighted by Crippen LogP contribution is -2.26. The SMILES string of the molecule is CCCC(O)CNCc1cc2ccccc2c2ccccc12. The van der Waals surface area contributed by atoms with Crippen LogP contribution in [-0.4, -0.2) is 17.8 Å². The van der Waals surface area contributed by atoms with E-state index in [1.807, 2.05) is 0 Å². The molecule has 0 aliphatic heterocycles. The summed E-state index contributed by atoms with van der Waals surface area (Å²) in [5.41, 5.74) is 1.29. The van der Waals surface area contributed by atoms with Gasteiger partial charge in [0.05, 0.1) is 6.10 Å². The lowest BCUT2D eigenvalue weighted by Gasteiger charge is -2.13. The van der Waals surface area contributed by atoms with Crippen molar-refractivity contribution in [2.24, 2.45) is 0 Å². The average Bonchev–Trinajstić information content (AvgIpc) is 2.55. The molecule has 0 aliphatic rings. The van der Waals surface area contributed by atoms with Gasteiger partial charge >= 0.3 is 0 Å². The van der Waals surface area contributed by atoms with Crippen LogP contribution >= 0.6 is 0 Å². The standard InChI is InChI=1S/C20H23NO/c1-2-7-17(22)14-21-13-16-12-15-8-3-4-9-18(15)20-11-6-5-10-19(16)20/h3-6,8-12,17,21-22H,2,7,13-14H2,1H3. The summed E-state index contributed by atoms with van der Waals surface area (Å²) in [6.45, 7) is 3.53. The fourth-order valence-electron chi connectivity index (χ4n) is 3.09. The Kier molecular flexibility index (Phi) is 4.71. The Morgan fingerprint density at radius 3 is 2.41 bits per heavy atom.